The smallest absolute Gasteiger partial charge is 0.271 e. The van der Waals surface area contributed by atoms with E-state index >= 15 is 0 Å². The molecule has 2 rings (SSSR count). The van der Waals surface area contributed by atoms with Gasteiger partial charge < -0.3 is 28.4 Å². The summed E-state index contributed by atoms with van der Waals surface area (Å²) in [6, 6.07) is 7.72. The number of nitrogens with zero attached hydrogens (tertiary/aromatic N) is 1. The van der Waals surface area contributed by atoms with Gasteiger partial charge >= 0.3 is 0 Å². The Morgan fingerprint density at radius 1 is 0.283 bits per heavy atom. The van der Waals surface area contributed by atoms with Crippen LogP contribution in [0, 0.1) is 0 Å². The van der Waals surface area contributed by atoms with Crippen LogP contribution in [0.2, 0.25) is 0 Å². The summed E-state index contributed by atoms with van der Waals surface area (Å²) in [5.41, 5.74) is 4.09. The minimum atomic E-state index is -0.339. The van der Waals surface area contributed by atoms with Crippen molar-refractivity contribution in [2.24, 2.45) is 5.10 Å². The van der Waals surface area contributed by atoms with Crippen LogP contribution in [0.1, 0.15) is 423 Å². The number of benzene rings is 2. The highest BCUT2D eigenvalue weighted by atomic mass is 16.5. The van der Waals surface area contributed by atoms with Crippen LogP contribution >= 0.6 is 0 Å². The Morgan fingerprint density at radius 2 is 0.511 bits per heavy atom. The average Bonchev–Trinajstić information content (AvgIpc) is 1.04. The van der Waals surface area contributed by atoms with Gasteiger partial charge in [0.05, 0.1) is 45.9 Å². The van der Waals surface area contributed by atoms with Crippen molar-refractivity contribution in [3.05, 3.63) is 35.4 Å². The number of nitrogens with one attached hydrogen (secondary N) is 1. The van der Waals surface area contributed by atoms with Gasteiger partial charge in [-0.3, -0.25) is 4.79 Å². The second-order valence-electron chi connectivity index (χ2n) is 27.4. The van der Waals surface area contributed by atoms with Crippen molar-refractivity contribution in [3.63, 3.8) is 0 Å². The average molecular weight is 1290 g/mol. The minimum absolute atomic E-state index is 0.339. The van der Waals surface area contributed by atoms with E-state index < -0.39 is 0 Å². The van der Waals surface area contributed by atoms with Crippen molar-refractivity contribution in [2.75, 3.05) is 39.6 Å². The van der Waals surface area contributed by atoms with Gasteiger partial charge in [-0.15, -0.1) is 0 Å². The van der Waals surface area contributed by atoms with Gasteiger partial charge in [-0.1, -0.05) is 369 Å². The van der Waals surface area contributed by atoms with Crippen LogP contribution in [-0.4, -0.2) is 51.8 Å². The first-order valence-corrected chi connectivity index (χ1v) is 40.5. The van der Waals surface area contributed by atoms with Crippen molar-refractivity contribution < 1.29 is 33.2 Å². The molecule has 2 aromatic rings. The zero-order valence-electron chi connectivity index (χ0n) is 61.7. The van der Waals surface area contributed by atoms with Crippen molar-refractivity contribution in [2.45, 2.75) is 408 Å². The van der Waals surface area contributed by atoms with E-state index in [-0.39, 0.29) is 5.91 Å². The Hall–Kier alpha value is -3.62. The summed E-state index contributed by atoms with van der Waals surface area (Å²) in [5.74, 6) is 3.42. The van der Waals surface area contributed by atoms with E-state index in [1.807, 2.05) is 24.3 Å². The lowest BCUT2D eigenvalue weighted by Crippen LogP contribution is -2.18. The maximum absolute atomic E-state index is 14.5. The molecule has 0 aliphatic rings. The standard InChI is InChI=1S/C83H150N2O7/c1-7-13-19-25-31-37-43-48-52-58-66-87-77-65-64-75(80(90-69-61-55-50-44-38-32-26-20-14-8-2)82(77)92-71-63-57-51-45-39-33-27-21-15-9-3)74-84-85-83(86)76-72-78(88-67-59-53-46-40-34-28-22-16-10-4)81(91-70-62-56-49-42-36-30-24-18-12-6)79(73-76)89-68-60-54-47-41-35-29-23-17-11-5/h64-65,72-74H,7-63,66-71H2,1-6H3,(H,85,86)/b84-74+. The van der Waals surface area contributed by atoms with Crippen LogP contribution in [0.25, 0.3) is 0 Å². The molecule has 0 saturated carbocycles. The molecule has 92 heavy (non-hydrogen) atoms. The van der Waals surface area contributed by atoms with Crippen molar-refractivity contribution in [3.8, 4) is 34.5 Å². The first-order chi connectivity index (χ1) is 45.5. The Balaban J connectivity index is 2.47. The predicted molar refractivity (Wildman–Crippen MR) is 398 cm³/mol. The minimum Gasteiger partial charge on any atom is -0.490 e. The van der Waals surface area contributed by atoms with Gasteiger partial charge in [0.2, 0.25) is 11.5 Å². The largest absolute Gasteiger partial charge is 0.490 e. The molecule has 0 aromatic heterocycles. The molecule has 0 radical (unpaired) electrons. The summed E-state index contributed by atoms with van der Waals surface area (Å²) in [6.45, 7) is 17.2. The van der Waals surface area contributed by atoms with Gasteiger partial charge in [0.15, 0.2) is 23.0 Å². The number of amides is 1. The Bertz CT molecular complexity index is 1890. The summed E-state index contributed by atoms with van der Waals surface area (Å²) in [6.07, 6.45) is 73.1. The number of ether oxygens (including phenoxy) is 6. The molecule has 0 aliphatic carbocycles. The number of unbranched alkanes of at least 4 members (excludes halogenated alkanes) is 51. The first-order valence-electron chi connectivity index (χ1n) is 40.5. The van der Waals surface area contributed by atoms with Crippen molar-refractivity contribution >= 4 is 12.1 Å². The lowest BCUT2D eigenvalue weighted by atomic mass is 10.1. The molecule has 0 saturated heterocycles. The Morgan fingerprint density at radius 3 is 0.793 bits per heavy atom. The molecule has 0 spiro atoms. The van der Waals surface area contributed by atoms with E-state index in [1.165, 1.54) is 289 Å². The lowest BCUT2D eigenvalue weighted by Gasteiger charge is -2.19. The Kier molecular flexibility index (Phi) is 60.6. The summed E-state index contributed by atoms with van der Waals surface area (Å²) in [4.78, 5) is 14.5. The summed E-state index contributed by atoms with van der Waals surface area (Å²) in [5, 5.41) is 4.68. The predicted octanol–water partition coefficient (Wildman–Crippen LogP) is 27.1. The maximum Gasteiger partial charge on any atom is 0.271 e. The number of hydrogen-bond acceptors (Lipinski definition) is 8. The van der Waals surface area contributed by atoms with Gasteiger partial charge in [-0.25, -0.2) is 5.43 Å². The first kappa shape index (κ1) is 84.5. The van der Waals surface area contributed by atoms with Crippen molar-refractivity contribution in [1.82, 2.24) is 5.43 Å². The molecule has 0 aliphatic heterocycles. The third-order valence-corrected chi connectivity index (χ3v) is 18.5. The molecule has 9 nitrogen and oxygen atoms in total. The van der Waals surface area contributed by atoms with Crippen LogP contribution in [0.4, 0.5) is 0 Å². The molecule has 0 fully saturated rings. The van der Waals surface area contributed by atoms with Gasteiger partial charge in [-0.2, -0.15) is 5.10 Å². The number of hydrazone groups is 1. The molecule has 2 aromatic carbocycles. The molecule has 0 bridgehead atoms. The maximum atomic E-state index is 14.5. The normalized spacial score (nSPS) is 11.5. The monoisotopic (exact) mass is 1290 g/mol. The van der Waals surface area contributed by atoms with E-state index in [2.05, 4.69) is 52.1 Å². The van der Waals surface area contributed by atoms with Crippen LogP contribution in [0.3, 0.4) is 0 Å². The molecule has 0 atom stereocenters. The van der Waals surface area contributed by atoms with Crippen LogP contribution in [0.15, 0.2) is 29.4 Å². The second-order valence-corrected chi connectivity index (χ2v) is 27.4. The van der Waals surface area contributed by atoms with Crippen LogP contribution in [-0.2, 0) is 0 Å². The molecule has 1 N–H and O–H groups in total. The Labute approximate surface area is 570 Å². The SMILES string of the molecule is CCCCCCCCCCCCOc1ccc(/C=N/NC(=O)c2cc(OCCCCCCCCCCC)c(OCCCCCCCCCCC)c(OCCCCCCCCCCC)c2)c(OCCCCCCCCCCCC)c1OCCCCCCCCCCCC. The fraction of sp³-hybridized carbons (Fsp3) is 0.831. The summed E-state index contributed by atoms with van der Waals surface area (Å²) in [7, 11) is 0. The second kappa shape index (κ2) is 66.0. The molecule has 0 unspecified atom stereocenters. The molecule has 1 amide bonds. The highest BCUT2D eigenvalue weighted by Crippen LogP contribution is 2.42. The topological polar surface area (TPSA) is 96.8 Å². The summed E-state index contributed by atoms with van der Waals surface area (Å²) >= 11 is 0. The van der Waals surface area contributed by atoms with Crippen LogP contribution < -0.4 is 33.8 Å². The van der Waals surface area contributed by atoms with Crippen LogP contribution in [0.5, 0.6) is 34.5 Å². The quantitative estimate of drug-likeness (QED) is 0.0400. The van der Waals surface area contributed by atoms with Gasteiger partial charge in [-0.05, 0) is 62.8 Å². The zero-order valence-corrected chi connectivity index (χ0v) is 61.7. The van der Waals surface area contributed by atoms with E-state index in [0.29, 0.717) is 74.0 Å². The van der Waals surface area contributed by atoms with Gasteiger partial charge in [0.25, 0.3) is 5.91 Å². The fourth-order valence-corrected chi connectivity index (χ4v) is 12.4. The number of rotatable bonds is 72. The number of carbonyl (C=O) groups is 1. The van der Waals surface area contributed by atoms with E-state index in [1.54, 1.807) is 6.21 Å². The van der Waals surface area contributed by atoms with Gasteiger partial charge in [0, 0.05) is 11.1 Å². The van der Waals surface area contributed by atoms with Crippen molar-refractivity contribution in [1.29, 1.82) is 0 Å². The third-order valence-electron chi connectivity index (χ3n) is 18.5. The third kappa shape index (κ3) is 48.1. The lowest BCUT2D eigenvalue weighted by molar-refractivity contribution is 0.0953. The van der Waals surface area contributed by atoms with E-state index in [9.17, 15) is 4.79 Å². The highest BCUT2D eigenvalue weighted by molar-refractivity contribution is 5.96. The fourth-order valence-electron chi connectivity index (χ4n) is 12.4. The molecular formula is C83H150N2O7. The molecule has 534 valence electrons. The van der Waals surface area contributed by atoms with E-state index in [0.717, 1.165) is 88.4 Å². The number of hydrogen-bond donors (Lipinski definition) is 1. The van der Waals surface area contributed by atoms with Gasteiger partial charge in [0.1, 0.15) is 0 Å². The molecule has 9 heteroatoms. The molecule has 0 heterocycles. The molecular weight excluding hydrogens is 1140 g/mol. The van der Waals surface area contributed by atoms with E-state index in [4.69, 9.17) is 28.4 Å². The number of carbonyl (C=O) groups excluding carboxylic acids is 1. The summed E-state index contributed by atoms with van der Waals surface area (Å²) < 4.78 is 40.3. The zero-order chi connectivity index (χ0) is 65.9. The highest BCUT2D eigenvalue weighted by Gasteiger charge is 2.21.